The van der Waals surface area contributed by atoms with Crippen molar-refractivity contribution in [3.8, 4) is 0 Å². The van der Waals surface area contributed by atoms with Gasteiger partial charge in [-0.05, 0) is 24.3 Å². The molecular weight excluding hydrogens is 290 g/mol. The standard InChI is InChI=1S/C14H13N3OS2/c18-13-9-12(16-14-17(13)6-8-20-14)10-19-7-4-11-3-1-2-5-15-11/h1-3,5-6,8-9H,4,7,10H2. The van der Waals surface area contributed by atoms with E-state index in [2.05, 4.69) is 9.97 Å². The molecule has 0 amide bonds. The van der Waals surface area contributed by atoms with E-state index in [9.17, 15) is 4.79 Å². The van der Waals surface area contributed by atoms with Crippen molar-refractivity contribution in [3.63, 3.8) is 0 Å². The molecule has 3 rings (SSSR count). The van der Waals surface area contributed by atoms with E-state index < -0.39 is 0 Å². The number of thioether (sulfide) groups is 1. The van der Waals surface area contributed by atoms with Crippen LogP contribution >= 0.6 is 23.1 Å². The summed E-state index contributed by atoms with van der Waals surface area (Å²) >= 11 is 3.26. The fourth-order valence-electron chi connectivity index (χ4n) is 1.86. The predicted molar refractivity (Wildman–Crippen MR) is 83.4 cm³/mol. The Labute approximate surface area is 124 Å². The largest absolute Gasteiger partial charge is 0.269 e. The Morgan fingerprint density at radius 2 is 2.25 bits per heavy atom. The molecule has 0 aliphatic carbocycles. The van der Waals surface area contributed by atoms with Crippen LogP contribution in [0.1, 0.15) is 11.4 Å². The Morgan fingerprint density at radius 1 is 1.30 bits per heavy atom. The van der Waals surface area contributed by atoms with Crippen LogP contribution in [0.25, 0.3) is 4.96 Å². The Morgan fingerprint density at radius 3 is 3.10 bits per heavy atom. The highest BCUT2D eigenvalue weighted by atomic mass is 32.2. The number of fused-ring (bicyclic) bond motifs is 1. The van der Waals surface area contributed by atoms with Crippen LogP contribution < -0.4 is 5.56 Å². The van der Waals surface area contributed by atoms with Gasteiger partial charge in [0.25, 0.3) is 5.56 Å². The molecule has 0 saturated carbocycles. The first kappa shape index (κ1) is 13.3. The van der Waals surface area contributed by atoms with Crippen LogP contribution in [0.5, 0.6) is 0 Å². The molecule has 3 heterocycles. The van der Waals surface area contributed by atoms with Crippen molar-refractivity contribution in [2.24, 2.45) is 0 Å². The number of aryl methyl sites for hydroxylation is 1. The first-order valence-corrected chi connectivity index (χ1v) is 8.30. The average molecular weight is 303 g/mol. The van der Waals surface area contributed by atoms with Crippen LogP contribution in [0.3, 0.4) is 0 Å². The summed E-state index contributed by atoms with van der Waals surface area (Å²) in [7, 11) is 0. The second kappa shape index (κ2) is 6.19. The van der Waals surface area contributed by atoms with Crippen molar-refractivity contribution in [1.29, 1.82) is 0 Å². The maximum Gasteiger partial charge on any atom is 0.258 e. The van der Waals surface area contributed by atoms with Gasteiger partial charge in [0.05, 0.1) is 5.69 Å². The van der Waals surface area contributed by atoms with Gasteiger partial charge in [-0.2, -0.15) is 11.8 Å². The SMILES string of the molecule is O=c1cc(CSCCc2ccccn2)nc2sccn12. The quantitative estimate of drug-likeness (QED) is 0.680. The summed E-state index contributed by atoms with van der Waals surface area (Å²) in [6, 6.07) is 7.57. The Bertz CT molecular complexity index is 752. The molecule has 0 fully saturated rings. The topological polar surface area (TPSA) is 47.3 Å². The number of nitrogens with zero attached hydrogens (tertiary/aromatic N) is 3. The fourth-order valence-corrected chi connectivity index (χ4v) is 3.45. The molecule has 3 aromatic rings. The summed E-state index contributed by atoms with van der Waals surface area (Å²) in [6.45, 7) is 0. The summed E-state index contributed by atoms with van der Waals surface area (Å²) in [5.74, 6) is 1.74. The maximum atomic E-state index is 11.8. The third kappa shape index (κ3) is 3.08. The second-order valence-corrected chi connectivity index (χ2v) is 6.24. The monoisotopic (exact) mass is 303 g/mol. The summed E-state index contributed by atoms with van der Waals surface area (Å²) < 4.78 is 1.58. The molecule has 20 heavy (non-hydrogen) atoms. The van der Waals surface area contributed by atoms with Gasteiger partial charge in [0, 0.05) is 35.3 Å². The van der Waals surface area contributed by atoms with Crippen molar-refractivity contribution in [2.75, 3.05) is 5.75 Å². The molecule has 0 atom stereocenters. The molecule has 0 bridgehead atoms. The van der Waals surface area contributed by atoms with Crippen molar-refractivity contribution in [1.82, 2.24) is 14.4 Å². The lowest BCUT2D eigenvalue weighted by Crippen LogP contribution is -2.12. The highest BCUT2D eigenvalue weighted by Crippen LogP contribution is 2.13. The number of aromatic nitrogens is 3. The number of rotatable bonds is 5. The average Bonchev–Trinajstić information content (AvgIpc) is 2.94. The Balaban J connectivity index is 1.58. The van der Waals surface area contributed by atoms with E-state index >= 15 is 0 Å². The van der Waals surface area contributed by atoms with Crippen LogP contribution in [0.2, 0.25) is 0 Å². The van der Waals surface area contributed by atoms with Gasteiger partial charge in [0.1, 0.15) is 0 Å². The number of pyridine rings is 1. The Hall–Kier alpha value is -1.66. The molecule has 0 aromatic carbocycles. The maximum absolute atomic E-state index is 11.8. The number of thiazole rings is 1. The molecule has 0 unspecified atom stereocenters. The van der Waals surface area contributed by atoms with E-state index in [-0.39, 0.29) is 5.56 Å². The van der Waals surface area contributed by atoms with E-state index in [0.717, 1.165) is 34.3 Å². The van der Waals surface area contributed by atoms with E-state index in [0.29, 0.717) is 0 Å². The molecule has 0 N–H and O–H groups in total. The van der Waals surface area contributed by atoms with Crippen LogP contribution in [-0.4, -0.2) is 20.1 Å². The minimum atomic E-state index is -0.00317. The molecule has 0 spiro atoms. The molecule has 0 aliphatic rings. The first-order chi connectivity index (χ1) is 9.83. The lowest BCUT2D eigenvalue weighted by molar-refractivity contribution is 1.03. The van der Waals surface area contributed by atoms with Crippen LogP contribution in [0, 0.1) is 0 Å². The summed E-state index contributed by atoms with van der Waals surface area (Å²) in [4.78, 5) is 21.4. The Kier molecular flexibility index (Phi) is 4.13. The lowest BCUT2D eigenvalue weighted by Gasteiger charge is -2.02. The van der Waals surface area contributed by atoms with Gasteiger partial charge in [-0.15, -0.1) is 11.3 Å². The normalized spacial score (nSPS) is 11.0. The van der Waals surface area contributed by atoms with Gasteiger partial charge in [0.15, 0.2) is 4.96 Å². The fraction of sp³-hybridized carbons (Fsp3) is 0.214. The van der Waals surface area contributed by atoms with Crippen molar-refractivity contribution in [3.05, 3.63) is 63.8 Å². The van der Waals surface area contributed by atoms with Gasteiger partial charge in [-0.25, -0.2) is 4.98 Å². The molecule has 0 aliphatic heterocycles. The summed E-state index contributed by atoms with van der Waals surface area (Å²) in [6.07, 6.45) is 4.51. The van der Waals surface area contributed by atoms with Gasteiger partial charge in [-0.3, -0.25) is 14.2 Å². The zero-order valence-electron chi connectivity index (χ0n) is 10.7. The number of hydrogen-bond donors (Lipinski definition) is 0. The van der Waals surface area contributed by atoms with E-state index in [1.165, 1.54) is 11.3 Å². The lowest BCUT2D eigenvalue weighted by atomic mass is 10.3. The van der Waals surface area contributed by atoms with Crippen molar-refractivity contribution >= 4 is 28.1 Å². The van der Waals surface area contributed by atoms with Crippen molar-refractivity contribution < 1.29 is 0 Å². The zero-order chi connectivity index (χ0) is 13.8. The summed E-state index contributed by atoms with van der Waals surface area (Å²) in [5, 5.41) is 1.88. The van der Waals surface area contributed by atoms with Crippen LogP contribution in [0.15, 0.2) is 46.8 Å². The molecule has 6 heteroatoms. The molecule has 102 valence electrons. The zero-order valence-corrected chi connectivity index (χ0v) is 12.4. The summed E-state index contributed by atoms with van der Waals surface area (Å²) in [5.41, 5.74) is 1.95. The van der Waals surface area contributed by atoms with Gasteiger partial charge in [-0.1, -0.05) is 6.07 Å². The van der Waals surface area contributed by atoms with E-state index in [4.69, 9.17) is 0 Å². The number of hydrogen-bond acceptors (Lipinski definition) is 5. The molecule has 4 nitrogen and oxygen atoms in total. The highest BCUT2D eigenvalue weighted by Gasteiger charge is 2.03. The second-order valence-electron chi connectivity index (χ2n) is 4.26. The minimum absolute atomic E-state index is 0.00317. The third-order valence-corrected chi connectivity index (χ3v) is 4.58. The smallest absolute Gasteiger partial charge is 0.258 e. The third-order valence-electron chi connectivity index (χ3n) is 2.83. The predicted octanol–water partition coefficient (Wildman–Crippen LogP) is 2.63. The molecule has 0 saturated heterocycles. The molecule has 0 radical (unpaired) electrons. The van der Waals surface area contributed by atoms with Crippen LogP contribution in [0.4, 0.5) is 0 Å². The van der Waals surface area contributed by atoms with Crippen LogP contribution in [-0.2, 0) is 12.2 Å². The first-order valence-electron chi connectivity index (χ1n) is 6.26. The van der Waals surface area contributed by atoms with Crippen molar-refractivity contribution in [2.45, 2.75) is 12.2 Å². The minimum Gasteiger partial charge on any atom is -0.269 e. The highest BCUT2D eigenvalue weighted by molar-refractivity contribution is 7.98. The van der Waals surface area contributed by atoms with E-state index in [1.54, 1.807) is 28.4 Å². The molecular formula is C14H13N3OS2. The van der Waals surface area contributed by atoms with Gasteiger partial charge >= 0.3 is 0 Å². The molecule has 3 aromatic heterocycles. The van der Waals surface area contributed by atoms with Gasteiger partial charge < -0.3 is 0 Å². The van der Waals surface area contributed by atoms with Gasteiger partial charge in [0.2, 0.25) is 0 Å². The van der Waals surface area contributed by atoms with E-state index in [1.807, 2.05) is 29.8 Å².